The highest BCUT2D eigenvalue weighted by atomic mass is 16.6. The summed E-state index contributed by atoms with van der Waals surface area (Å²) >= 11 is 0. The molecule has 0 saturated carbocycles. The van der Waals surface area contributed by atoms with Crippen molar-refractivity contribution >= 4 is 17.7 Å². The molecule has 29 heavy (non-hydrogen) atoms. The van der Waals surface area contributed by atoms with E-state index in [1.807, 2.05) is 53.7 Å². The summed E-state index contributed by atoms with van der Waals surface area (Å²) in [4.78, 5) is 27.3. The molecule has 0 aliphatic carbocycles. The van der Waals surface area contributed by atoms with Gasteiger partial charge in [-0.3, -0.25) is 9.48 Å². The number of hydrogen-bond acceptors (Lipinski definition) is 4. The summed E-state index contributed by atoms with van der Waals surface area (Å²) in [5.74, 6) is -0.220. The van der Waals surface area contributed by atoms with Crippen LogP contribution in [0.2, 0.25) is 0 Å². The molecule has 156 valence electrons. The van der Waals surface area contributed by atoms with Crippen molar-refractivity contribution in [1.82, 2.24) is 14.7 Å². The lowest BCUT2D eigenvalue weighted by Crippen LogP contribution is -2.40. The van der Waals surface area contributed by atoms with Crippen molar-refractivity contribution in [2.24, 2.45) is 7.05 Å². The van der Waals surface area contributed by atoms with Gasteiger partial charge in [0.2, 0.25) is 0 Å². The topological polar surface area (TPSA) is 76.5 Å². The fourth-order valence-corrected chi connectivity index (χ4v) is 3.82. The maximum atomic E-state index is 13.2. The van der Waals surface area contributed by atoms with E-state index in [1.54, 1.807) is 16.6 Å². The number of aryl methyl sites for hydroxylation is 4. The van der Waals surface area contributed by atoms with E-state index in [1.165, 1.54) is 0 Å². The van der Waals surface area contributed by atoms with Gasteiger partial charge in [-0.2, -0.15) is 5.10 Å². The molecule has 0 bridgehead atoms. The van der Waals surface area contributed by atoms with Crippen molar-refractivity contribution in [3.8, 4) is 0 Å². The molecule has 1 aromatic carbocycles. The first-order chi connectivity index (χ1) is 13.5. The van der Waals surface area contributed by atoms with Crippen LogP contribution in [0.15, 0.2) is 12.1 Å². The molecule has 2 aromatic rings. The third kappa shape index (κ3) is 4.44. The Morgan fingerprint density at radius 1 is 1.14 bits per heavy atom. The highest BCUT2D eigenvalue weighted by Crippen LogP contribution is 2.26. The molecule has 2 heterocycles. The Balaban J connectivity index is 1.87. The molecule has 1 aliphatic rings. The molecule has 0 radical (unpaired) electrons. The van der Waals surface area contributed by atoms with Crippen LogP contribution in [0.4, 0.5) is 10.5 Å². The molecule has 3 rings (SSSR count). The second-order valence-electron chi connectivity index (χ2n) is 8.78. The average Bonchev–Trinajstić information content (AvgIpc) is 2.91. The Morgan fingerprint density at radius 3 is 2.34 bits per heavy atom. The van der Waals surface area contributed by atoms with Crippen molar-refractivity contribution < 1.29 is 14.3 Å². The number of anilines is 1. The fraction of sp³-hybridized carbons (Fsp3) is 0.500. The first-order valence-electron chi connectivity index (χ1n) is 9.88. The lowest BCUT2D eigenvalue weighted by atomic mass is 10.0. The first kappa shape index (κ1) is 20.9. The SMILES string of the molecule is Cc1cc(C)c(NC(=O)c2c3c(nn2C)CCN(C(=O)OC(C)(C)C)C3)c(C)c1. The Labute approximate surface area is 172 Å². The van der Waals surface area contributed by atoms with Gasteiger partial charge in [0.05, 0.1) is 12.2 Å². The molecule has 1 aliphatic heterocycles. The van der Waals surface area contributed by atoms with Crippen LogP contribution in [0, 0.1) is 20.8 Å². The van der Waals surface area contributed by atoms with Crippen LogP contribution in [0.5, 0.6) is 0 Å². The summed E-state index contributed by atoms with van der Waals surface area (Å²) in [6.45, 7) is 12.4. The van der Waals surface area contributed by atoms with Gasteiger partial charge in [-0.05, 0) is 52.7 Å². The lowest BCUT2D eigenvalue weighted by molar-refractivity contribution is 0.0222. The zero-order valence-corrected chi connectivity index (χ0v) is 18.3. The Bertz CT molecular complexity index is 946. The number of aromatic nitrogens is 2. The van der Waals surface area contributed by atoms with Gasteiger partial charge in [0.25, 0.3) is 5.91 Å². The van der Waals surface area contributed by atoms with E-state index in [0.29, 0.717) is 25.2 Å². The van der Waals surface area contributed by atoms with Crippen molar-refractivity contribution in [2.75, 3.05) is 11.9 Å². The normalized spacial score (nSPS) is 13.8. The number of nitrogens with zero attached hydrogens (tertiary/aromatic N) is 3. The van der Waals surface area contributed by atoms with Crippen LogP contribution in [0.1, 0.15) is 59.2 Å². The fourth-order valence-electron chi connectivity index (χ4n) is 3.82. The molecule has 0 atom stereocenters. The Morgan fingerprint density at radius 2 is 1.76 bits per heavy atom. The van der Waals surface area contributed by atoms with E-state index in [0.717, 1.165) is 33.6 Å². The van der Waals surface area contributed by atoms with E-state index in [2.05, 4.69) is 10.4 Å². The summed E-state index contributed by atoms with van der Waals surface area (Å²) in [5.41, 5.74) is 5.56. The van der Waals surface area contributed by atoms with Crippen LogP contribution >= 0.6 is 0 Å². The van der Waals surface area contributed by atoms with E-state index in [4.69, 9.17) is 4.74 Å². The third-order valence-electron chi connectivity index (χ3n) is 4.98. The molecule has 7 heteroatoms. The summed E-state index contributed by atoms with van der Waals surface area (Å²) in [6, 6.07) is 4.09. The van der Waals surface area contributed by atoms with E-state index >= 15 is 0 Å². The highest BCUT2D eigenvalue weighted by Gasteiger charge is 2.31. The molecule has 0 spiro atoms. The average molecular weight is 399 g/mol. The van der Waals surface area contributed by atoms with Gasteiger partial charge < -0.3 is 15.0 Å². The summed E-state index contributed by atoms with van der Waals surface area (Å²) in [7, 11) is 1.76. The maximum absolute atomic E-state index is 13.2. The second kappa shape index (κ2) is 7.54. The molecular weight excluding hydrogens is 368 g/mol. The predicted molar refractivity (Wildman–Crippen MR) is 112 cm³/mol. The van der Waals surface area contributed by atoms with Gasteiger partial charge in [-0.1, -0.05) is 17.7 Å². The first-order valence-corrected chi connectivity index (χ1v) is 9.88. The van der Waals surface area contributed by atoms with Crippen LogP contribution in [0.3, 0.4) is 0 Å². The Hall–Kier alpha value is -2.83. The van der Waals surface area contributed by atoms with Gasteiger partial charge >= 0.3 is 6.09 Å². The van der Waals surface area contributed by atoms with Crippen LogP contribution < -0.4 is 5.32 Å². The molecule has 1 aromatic heterocycles. The number of amides is 2. The minimum Gasteiger partial charge on any atom is -0.444 e. The van der Waals surface area contributed by atoms with Crippen molar-refractivity contribution in [3.05, 3.63) is 45.8 Å². The van der Waals surface area contributed by atoms with E-state index in [-0.39, 0.29) is 12.0 Å². The standard InChI is InChI=1S/C22H30N4O3/c1-13-10-14(2)18(15(3)11-13)23-20(27)19-16-12-26(21(28)29-22(4,5)6)9-8-17(16)24-25(19)7/h10-11H,8-9,12H2,1-7H3,(H,23,27). The number of carbonyl (C=O) groups is 2. The second-order valence-corrected chi connectivity index (χ2v) is 8.78. The van der Waals surface area contributed by atoms with Crippen molar-refractivity contribution in [1.29, 1.82) is 0 Å². The zero-order valence-electron chi connectivity index (χ0n) is 18.3. The minimum atomic E-state index is -0.563. The quantitative estimate of drug-likeness (QED) is 0.833. The van der Waals surface area contributed by atoms with Gasteiger partial charge in [-0.25, -0.2) is 4.79 Å². The third-order valence-corrected chi connectivity index (χ3v) is 4.98. The lowest BCUT2D eigenvalue weighted by Gasteiger charge is -2.29. The number of rotatable bonds is 2. The number of nitrogens with one attached hydrogen (secondary N) is 1. The summed E-state index contributed by atoms with van der Waals surface area (Å²) in [6.07, 6.45) is 0.224. The molecule has 0 saturated heterocycles. The number of carbonyl (C=O) groups excluding carboxylic acids is 2. The van der Waals surface area contributed by atoms with Crippen LogP contribution in [-0.2, 0) is 24.8 Å². The van der Waals surface area contributed by atoms with Gasteiger partial charge in [0, 0.05) is 31.3 Å². The largest absolute Gasteiger partial charge is 0.444 e. The smallest absolute Gasteiger partial charge is 0.410 e. The maximum Gasteiger partial charge on any atom is 0.410 e. The van der Waals surface area contributed by atoms with Gasteiger partial charge in [0.15, 0.2) is 0 Å². The molecular formula is C22H30N4O3. The van der Waals surface area contributed by atoms with E-state index in [9.17, 15) is 9.59 Å². The van der Waals surface area contributed by atoms with Crippen molar-refractivity contribution in [2.45, 2.75) is 60.1 Å². The van der Waals surface area contributed by atoms with Gasteiger partial charge in [0.1, 0.15) is 11.3 Å². The zero-order chi connectivity index (χ0) is 21.5. The van der Waals surface area contributed by atoms with E-state index < -0.39 is 5.60 Å². The molecule has 2 amide bonds. The number of hydrogen-bond donors (Lipinski definition) is 1. The van der Waals surface area contributed by atoms with Crippen LogP contribution in [0.25, 0.3) is 0 Å². The molecule has 7 nitrogen and oxygen atoms in total. The minimum absolute atomic E-state index is 0.220. The Kier molecular flexibility index (Phi) is 5.43. The highest BCUT2D eigenvalue weighted by molar-refractivity contribution is 6.05. The predicted octanol–water partition coefficient (Wildman–Crippen LogP) is 3.89. The monoisotopic (exact) mass is 398 g/mol. The van der Waals surface area contributed by atoms with Crippen LogP contribution in [-0.4, -0.2) is 38.8 Å². The summed E-state index contributed by atoms with van der Waals surface area (Å²) in [5, 5.41) is 7.57. The molecule has 0 fully saturated rings. The van der Waals surface area contributed by atoms with Crippen molar-refractivity contribution in [3.63, 3.8) is 0 Å². The molecule has 0 unspecified atom stereocenters. The number of fused-ring (bicyclic) bond motifs is 1. The molecule has 1 N–H and O–H groups in total. The summed E-state index contributed by atoms with van der Waals surface area (Å²) < 4.78 is 7.11. The number of benzene rings is 1. The van der Waals surface area contributed by atoms with Gasteiger partial charge in [-0.15, -0.1) is 0 Å². The number of ether oxygens (including phenoxy) is 1.